The Morgan fingerprint density at radius 1 is 1.36 bits per heavy atom. The van der Waals surface area contributed by atoms with Crippen LogP contribution in [0.25, 0.3) is 0 Å². The largest absolute Gasteiger partial charge is 0.506 e. The summed E-state index contributed by atoms with van der Waals surface area (Å²) in [6.07, 6.45) is 0.848. The van der Waals surface area contributed by atoms with Gasteiger partial charge in [0.05, 0.1) is 24.7 Å². The van der Waals surface area contributed by atoms with Crippen LogP contribution >= 0.6 is 0 Å². The maximum atomic E-state index is 11.5. The van der Waals surface area contributed by atoms with Gasteiger partial charge in [-0.1, -0.05) is 20.0 Å². The molecule has 0 aromatic carbocycles. The fourth-order valence-electron chi connectivity index (χ4n) is 1.23. The number of ether oxygens (including phenoxy) is 2. The van der Waals surface area contributed by atoms with Gasteiger partial charge in [0, 0.05) is 0 Å². The van der Waals surface area contributed by atoms with Crippen LogP contribution in [-0.2, 0) is 14.3 Å². The third kappa shape index (κ3) is 3.96. The SMILES string of the molecule is CCCOC(=O)C(C)=C(OC)[SiH](C)C. The van der Waals surface area contributed by atoms with Crippen molar-refractivity contribution in [2.45, 2.75) is 33.4 Å². The van der Waals surface area contributed by atoms with Crippen molar-refractivity contribution in [1.29, 1.82) is 0 Å². The molecule has 0 fully saturated rings. The van der Waals surface area contributed by atoms with Crippen molar-refractivity contribution >= 4 is 14.8 Å². The van der Waals surface area contributed by atoms with Crippen LogP contribution in [0.5, 0.6) is 0 Å². The third-order valence-corrected chi connectivity index (χ3v) is 3.57. The van der Waals surface area contributed by atoms with Crippen molar-refractivity contribution in [3.8, 4) is 0 Å². The van der Waals surface area contributed by atoms with Crippen LogP contribution in [-0.4, -0.2) is 28.5 Å². The monoisotopic (exact) mass is 216 g/mol. The number of carbonyl (C=O) groups is 1. The Morgan fingerprint density at radius 2 is 1.93 bits per heavy atom. The molecule has 0 aliphatic carbocycles. The molecule has 0 bridgehead atoms. The molecule has 0 atom stereocenters. The highest BCUT2D eigenvalue weighted by Crippen LogP contribution is 2.10. The highest BCUT2D eigenvalue weighted by Gasteiger charge is 2.15. The van der Waals surface area contributed by atoms with Gasteiger partial charge in [0.2, 0.25) is 0 Å². The maximum Gasteiger partial charge on any atom is 0.336 e. The summed E-state index contributed by atoms with van der Waals surface area (Å²) < 4.78 is 10.2. The smallest absolute Gasteiger partial charge is 0.336 e. The number of methoxy groups -OCH3 is 1. The Labute approximate surface area is 87.7 Å². The Kier molecular flexibility index (Phi) is 6.28. The summed E-state index contributed by atoms with van der Waals surface area (Å²) in [6.45, 7) is 8.46. The van der Waals surface area contributed by atoms with Crippen molar-refractivity contribution < 1.29 is 14.3 Å². The minimum absolute atomic E-state index is 0.245. The zero-order chi connectivity index (χ0) is 11.1. The molecule has 0 rings (SSSR count). The van der Waals surface area contributed by atoms with Crippen molar-refractivity contribution in [3.05, 3.63) is 11.0 Å². The lowest BCUT2D eigenvalue weighted by atomic mass is 10.3. The number of rotatable bonds is 5. The van der Waals surface area contributed by atoms with Crippen molar-refractivity contribution in [1.82, 2.24) is 0 Å². The van der Waals surface area contributed by atoms with Gasteiger partial charge in [-0.25, -0.2) is 4.79 Å². The van der Waals surface area contributed by atoms with Gasteiger partial charge in [-0.05, 0) is 13.3 Å². The summed E-state index contributed by atoms with van der Waals surface area (Å²) in [5, 5.41) is 0.839. The predicted molar refractivity (Wildman–Crippen MR) is 59.8 cm³/mol. The lowest BCUT2D eigenvalue weighted by Crippen LogP contribution is -2.16. The van der Waals surface area contributed by atoms with E-state index in [0.29, 0.717) is 12.2 Å². The zero-order valence-electron chi connectivity index (χ0n) is 9.72. The molecule has 3 nitrogen and oxygen atoms in total. The first-order valence-electron chi connectivity index (χ1n) is 4.96. The van der Waals surface area contributed by atoms with Crippen LogP contribution < -0.4 is 0 Å². The molecule has 0 amide bonds. The molecule has 0 N–H and O–H groups in total. The Bertz CT molecular complexity index is 221. The summed E-state index contributed by atoms with van der Waals surface area (Å²) >= 11 is 0. The van der Waals surface area contributed by atoms with Gasteiger partial charge in [-0.15, -0.1) is 0 Å². The van der Waals surface area contributed by atoms with E-state index in [0.717, 1.165) is 11.8 Å². The van der Waals surface area contributed by atoms with Gasteiger partial charge in [-0.2, -0.15) is 0 Å². The standard InChI is InChI=1S/C10H20O3Si/c1-6-7-13-9(11)8(2)10(12-3)14(4)5/h14H,6-7H2,1-5H3. The molecule has 82 valence electrons. The van der Waals surface area contributed by atoms with Gasteiger partial charge in [0.1, 0.15) is 8.80 Å². The molecular weight excluding hydrogens is 196 g/mol. The average molecular weight is 216 g/mol. The second-order valence-electron chi connectivity index (χ2n) is 3.48. The fourth-order valence-corrected chi connectivity index (χ4v) is 2.68. The number of hydrogen-bond acceptors (Lipinski definition) is 3. The van der Waals surface area contributed by atoms with E-state index in [4.69, 9.17) is 9.47 Å². The van der Waals surface area contributed by atoms with E-state index in [1.54, 1.807) is 14.0 Å². The Hall–Kier alpha value is -0.773. The van der Waals surface area contributed by atoms with Crippen molar-refractivity contribution in [3.63, 3.8) is 0 Å². The zero-order valence-corrected chi connectivity index (χ0v) is 10.9. The van der Waals surface area contributed by atoms with Crippen LogP contribution in [0.1, 0.15) is 20.3 Å². The van der Waals surface area contributed by atoms with Crippen molar-refractivity contribution in [2.24, 2.45) is 0 Å². The van der Waals surface area contributed by atoms with Crippen LogP contribution in [0.2, 0.25) is 13.1 Å². The van der Waals surface area contributed by atoms with Gasteiger partial charge in [0.15, 0.2) is 0 Å². The predicted octanol–water partition coefficient (Wildman–Crippen LogP) is 1.89. The number of carbonyl (C=O) groups excluding carboxylic acids is 1. The van der Waals surface area contributed by atoms with Gasteiger partial charge >= 0.3 is 5.97 Å². The molecule has 0 radical (unpaired) electrons. The van der Waals surface area contributed by atoms with E-state index < -0.39 is 8.80 Å². The van der Waals surface area contributed by atoms with Crippen LogP contribution in [0.15, 0.2) is 11.0 Å². The summed E-state index contributed by atoms with van der Waals surface area (Å²) in [4.78, 5) is 11.5. The first kappa shape index (κ1) is 13.2. The lowest BCUT2D eigenvalue weighted by molar-refractivity contribution is -0.139. The molecule has 0 aromatic rings. The minimum atomic E-state index is -1.08. The van der Waals surface area contributed by atoms with Crippen LogP contribution in [0.4, 0.5) is 0 Å². The highest BCUT2D eigenvalue weighted by molar-refractivity contribution is 6.63. The van der Waals surface area contributed by atoms with E-state index in [-0.39, 0.29) is 5.97 Å². The summed E-state index contributed by atoms with van der Waals surface area (Å²) in [5.41, 5.74) is 0.627. The minimum Gasteiger partial charge on any atom is -0.506 e. The molecular formula is C10H20O3Si. The molecule has 0 saturated heterocycles. The first-order valence-corrected chi connectivity index (χ1v) is 7.85. The summed E-state index contributed by atoms with van der Waals surface area (Å²) in [6, 6.07) is 0. The molecule has 0 aliphatic heterocycles. The van der Waals surface area contributed by atoms with E-state index in [9.17, 15) is 4.79 Å². The average Bonchev–Trinajstić information content (AvgIpc) is 2.14. The molecule has 4 heteroatoms. The molecule has 0 heterocycles. The molecule has 0 aliphatic rings. The molecule has 0 aromatic heterocycles. The molecule has 14 heavy (non-hydrogen) atoms. The summed E-state index contributed by atoms with van der Waals surface area (Å²) in [5.74, 6) is -0.245. The van der Waals surface area contributed by atoms with Gasteiger partial charge in [0.25, 0.3) is 0 Å². The lowest BCUT2D eigenvalue weighted by Gasteiger charge is -2.12. The Morgan fingerprint density at radius 3 is 2.29 bits per heavy atom. The highest BCUT2D eigenvalue weighted by atomic mass is 28.3. The van der Waals surface area contributed by atoms with E-state index >= 15 is 0 Å². The van der Waals surface area contributed by atoms with E-state index in [1.807, 2.05) is 6.92 Å². The molecule has 0 unspecified atom stereocenters. The topological polar surface area (TPSA) is 35.5 Å². The van der Waals surface area contributed by atoms with Crippen LogP contribution in [0, 0.1) is 0 Å². The fraction of sp³-hybridized carbons (Fsp3) is 0.700. The molecule has 0 saturated carbocycles. The second-order valence-corrected chi connectivity index (χ2v) is 6.32. The van der Waals surface area contributed by atoms with Gasteiger partial charge < -0.3 is 9.47 Å². The van der Waals surface area contributed by atoms with E-state index in [2.05, 4.69) is 13.1 Å². The van der Waals surface area contributed by atoms with Crippen molar-refractivity contribution in [2.75, 3.05) is 13.7 Å². The second kappa shape index (κ2) is 6.65. The van der Waals surface area contributed by atoms with Crippen LogP contribution in [0.3, 0.4) is 0 Å². The quantitative estimate of drug-likeness (QED) is 0.305. The number of hydrogen-bond donors (Lipinski definition) is 0. The normalized spacial score (nSPS) is 12.4. The summed E-state index contributed by atoms with van der Waals surface area (Å²) in [7, 11) is 0.533. The maximum absolute atomic E-state index is 11.5. The molecule has 0 spiro atoms. The van der Waals surface area contributed by atoms with E-state index in [1.165, 1.54) is 0 Å². The third-order valence-electron chi connectivity index (χ3n) is 1.86. The Balaban J connectivity index is 4.52. The first-order chi connectivity index (χ1) is 6.54. The number of esters is 1. The van der Waals surface area contributed by atoms with Gasteiger partial charge in [-0.3, -0.25) is 0 Å².